The third kappa shape index (κ3) is 1.52. The lowest BCUT2D eigenvalue weighted by Gasteiger charge is -1.79. The molecule has 1 rings (SSSR count). The first-order valence-corrected chi connectivity index (χ1v) is 2.62. The molecule has 2 nitrogen and oxygen atoms in total. The van der Waals surface area contributed by atoms with Crippen LogP contribution in [0.25, 0.3) is 0 Å². The quantitative estimate of drug-likeness (QED) is 0.385. The van der Waals surface area contributed by atoms with Crippen molar-refractivity contribution in [1.82, 2.24) is 9.65 Å². The predicted octanol–water partition coefficient (Wildman–Crippen LogP) is 0.268. The number of hydrogen-bond donors (Lipinski definition) is 0. The molecular formula is C7H7N2+. The zero-order chi connectivity index (χ0) is 6.53. The van der Waals surface area contributed by atoms with Gasteiger partial charge in [-0.25, -0.2) is 0 Å². The highest BCUT2D eigenvalue weighted by molar-refractivity contribution is 5.78. The fourth-order valence-electron chi connectivity index (χ4n) is 0.555. The van der Waals surface area contributed by atoms with Gasteiger partial charge in [-0.1, -0.05) is 0 Å². The summed E-state index contributed by atoms with van der Waals surface area (Å²) in [5.41, 5.74) is 1.03. The van der Waals surface area contributed by atoms with Crippen LogP contribution in [-0.2, 0) is 0 Å². The van der Waals surface area contributed by atoms with Crippen molar-refractivity contribution in [3.8, 4) is 0 Å². The smallest absolute Gasteiger partial charge is 0.265 e. The summed E-state index contributed by atoms with van der Waals surface area (Å²) in [5, 5.41) is 0. The van der Waals surface area contributed by atoms with Crippen LogP contribution in [0.4, 0.5) is 0 Å². The van der Waals surface area contributed by atoms with Crippen molar-refractivity contribution in [1.29, 1.82) is 0 Å². The SMILES string of the molecule is C=[N+]=Cc1ccncc1. The van der Waals surface area contributed by atoms with Gasteiger partial charge < -0.3 is 0 Å². The zero-order valence-corrected chi connectivity index (χ0v) is 4.99. The minimum absolute atomic E-state index is 1.03. The molecule has 0 saturated heterocycles. The monoisotopic (exact) mass is 119 g/mol. The van der Waals surface area contributed by atoms with E-state index in [4.69, 9.17) is 0 Å². The van der Waals surface area contributed by atoms with Gasteiger partial charge in [-0.05, 0) is 12.1 Å². The van der Waals surface area contributed by atoms with E-state index in [0.717, 1.165) is 5.56 Å². The van der Waals surface area contributed by atoms with Gasteiger partial charge in [0.05, 0.1) is 5.56 Å². The fourth-order valence-corrected chi connectivity index (χ4v) is 0.555. The van der Waals surface area contributed by atoms with Crippen LogP contribution in [0, 0.1) is 0 Å². The van der Waals surface area contributed by atoms with Gasteiger partial charge in [-0.2, -0.15) is 0 Å². The Balaban J connectivity index is 2.97. The second-order valence-corrected chi connectivity index (χ2v) is 1.59. The molecule has 0 aliphatic rings. The molecule has 44 valence electrons. The van der Waals surface area contributed by atoms with Crippen LogP contribution in [0.15, 0.2) is 24.5 Å². The molecule has 0 saturated carbocycles. The molecule has 0 bridgehead atoms. The van der Waals surface area contributed by atoms with Crippen LogP contribution in [0.3, 0.4) is 0 Å². The molecule has 0 aromatic carbocycles. The number of nitrogens with zero attached hydrogens (tertiary/aromatic N) is 2. The van der Waals surface area contributed by atoms with Crippen molar-refractivity contribution in [3.05, 3.63) is 30.1 Å². The number of pyridine rings is 1. The molecule has 0 fully saturated rings. The van der Waals surface area contributed by atoms with Crippen molar-refractivity contribution in [2.45, 2.75) is 0 Å². The van der Waals surface area contributed by atoms with E-state index in [1.54, 1.807) is 18.6 Å². The molecule has 0 spiro atoms. The Hall–Kier alpha value is -1.40. The topological polar surface area (TPSA) is 27.0 Å². The summed E-state index contributed by atoms with van der Waals surface area (Å²) in [7, 11) is 0. The number of rotatable bonds is 1. The summed E-state index contributed by atoms with van der Waals surface area (Å²) in [6, 6.07) is 3.74. The number of hydrogen-bond acceptors (Lipinski definition) is 1. The van der Waals surface area contributed by atoms with Crippen LogP contribution < -0.4 is 4.67 Å². The summed E-state index contributed by atoms with van der Waals surface area (Å²) in [4.78, 5) is 3.85. The standard InChI is InChI=1S/C7H7N2/c1-8-6-7-2-4-9-5-3-7/h2-6H,1H2/q+1. The van der Waals surface area contributed by atoms with E-state index < -0.39 is 0 Å². The van der Waals surface area contributed by atoms with Crippen LogP contribution in [0.5, 0.6) is 0 Å². The molecule has 1 aromatic heterocycles. The molecule has 0 aliphatic carbocycles. The molecule has 0 unspecified atom stereocenters. The highest BCUT2D eigenvalue weighted by atomic mass is 14.6. The van der Waals surface area contributed by atoms with E-state index in [-0.39, 0.29) is 0 Å². The lowest BCUT2D eigenvalue weighted by atomic mass is 10.3. The van der Waals surface area contributed by atoms with Gasteiger partial charge in [0.1, 0.15) is 0 Å². The van der Waals surface area contributed by atoms with Gasteiger partial charge in [0.15, 0.2) is 0 Å². The van der Waals surface area contributed by atoms with Crippen molar-refractivity contribution in [2.75, 3.05) is 0 Å². The summed E-state index contributed by atoms with van der Waals surface area (Å²) >= 11 is 0. The molecule has 9 heavy (non-hydrogen) atoms. The lowest BCUT2D eigenvalue weighted by Crippen LogP contribution is -1.81. The maximum atomic E-state index is 3.85. The molecular weight excluding hydrogens is 112 g/mol. The summed E-state index contributed by atoms with van der Waals surface area (Å²) in [6.07, 6.45) is 5.12. The van der Waals surface area contributed by atoms with Crippen LogP contribution in [0.2, 0.25) is 0 Å². The Bertz CT molecular complexity index is 222. The summed E-state index contributed by atoms with van der Waals surface area (Å²) in [5.74, 6) is 0. The summed E-state index contributed by atoms with van der Waals surface area (Å²) < 4.78 is 3.60. The first-order valence-electron chi connectivity index (χ1n) is 2.62. The Labute approximate surface area is 53.6 Å². The third-order valence-corrected chi connectivity index (χ3v) is 0.946. The highest BCUT2D eigenvalue weighted by Crippen LogP contribution is 1.87. The van der Waals surface area contributed by atoms with Crippen molar-refractivity contribution in [2.24, 2.45) is 0 Å². The van der Waals surface area contributed by atoms with Crippen LogP contribution in [0.1, 0.15) is 5.56 Å². The van der Waals surface area contributed by atoms with E-state index in [9.17, 15) is 0 Å². The Kier molecular flexibility index (Phi) is 1.78. The first kappa shape index (κ1) is 5.73. The highest BCUT2D eigenvalue weighted by Gasteiger charge is 1.86. The molecule has 2 heteroatoms. The molecule has 0 amide bonds. The van der Waals surface area contributed by atoms with Gasteiger partial charge >= 0.3 is 0 Å². The van der Waals surface area contributed by atoms with Crippen LogP contribution >= 0.6 is 0 Å². The molecule has 0 atom stereocenters. The normalized spacial score (nSPS) is 8.00. The Morgan fingerprint density at radius 1 is 1.44 bits per heavy atom. The number of aromatic nitrogens is 1. The average molecular weight is 119 g/mol. The van der Waals surface area contributed by atoms with Crippen LogP contribution in [-0.4, -0.2) is 17.9 Å². The van der Waals surface area contributed by atoms with Gasteiger partial charge in [0.25, 0.3) is 12.9 Å². The predicted molar refractivity (Wildman–Crippen MR) is 38.7 cm³/mol. The largest absolute Gasteiger partial charge is 0.298 e. The van der Waals surface area contributed by atoms with Crippen molar-refractivity contribution < 1.29 is 0 Å². The maximum absolute atomic E-state index is 3.85. The van der Waals surface area contributed by atoms with E-state index in [1.165, 1.54) is 0 Å². The molecule has 1 aromatic rings. The Morgan fingerprint density at radius 3 is 2.67 bits per heavy atom. The second-order valence-electron chi connectivity index (χ2n) is 1.59. The average Bonchev–Trinajstić information content (AvgIpc) is 1.91. The van der Waals surface area contributed by atoms with Crippen molar-refractivity contribution >= 4 is 12.9 Å². The lowest BCUT2D eigenvalue weighted by molar-refractivity contribution is 1.32. The van der Waals surface area contributed by atoms with E-state index in [0.29, 0.717) is 0 Å². The second kappa shape index (κ2) is 2.80. The molecule has 0 radical (unpaired) electrons. The third-order valence-electron chi connectivity index (χ3n) is 0.946. The molecule has 0 aliphatic heterocycles. The molecule has 1 heterocycles. The van der Waals surface area contributed by atoms with E-state index in [2.05, 4.69) is 16.4 Å². The van der Waals surface area contributed by atoms with E-state index >= 15 is 0 Å². The molecule has 0 N–H and O–H groups in total. The zero-order valence-electron chi connectivity index (χ0n) is 4.99. The van der Waals surface area contributed by atoms with Crippen molar-refractivity contribution in [3.63, 3.8) is 0 Å². The van der Waals surface area contributed by atoms with E-state index in [1.807, 2.05) is 12.1 Å². The van der Waals surface area contributed by atoms with Gasteiger partial charge in [-0.3, -0.25) is 4.98 Å². The minimum atomic E-state index is 1.03. The van der Waals surface area contributed by atoms with Gasteiger partial charge in [0.2, 0.25) is 0 Å². The maximum Gasteiger partial charge on any atom is 0.298 e. The Morgan fingerprint density at radius 2 is 2.11 bits per heavy atom. The fraction of sp³-hybridized carbons (Fsp3) is 0. The summed E-state index contributed by atoms with van der Waals surface area (Å²) in [6.45, 7) is 3.33. The van der Waals surface area contributed by atoms with Gasteiger partial charge in [-0.15, -0.1) is 4.67 Å². The first-order chi connectivity index (χ1) is 4.43. The van der Waals surface area contributed by atoms with Gasteiger partial charge in [0, 0.05) is 12.4 Å². The minimum Gasteiger partial charge on any atom is -0.265 e.